The number of thiophene rings is 1. The fourth-order valence-electron chi connectivity index (χ4n) is 3.51. The van der Waals surface area contributed by atoms with Gasteiger partial charge in [0.05, 0.1) is 12.8 Å². The third-order valence-electron chi connectivity index (χ3n) is 4.95. The largest absolute Gasteiger partial charge is 0.465 e. The molecule has 2 aromatic carbocycles. The summed E-state index contributed by atoms with van der Waals surface area (Å²) < 4.78 is 47.8. The molecule has 0 atom stereocenters. The maximum atomic E-state index is 14.1. The van der Waals surface area contributed by atoms with E-state index in [-0.39, 0.29) is 28.7 Å². The number of fused-ring (bicyclic) bond motifs is 1. The highest BCUT2D eigenvalue weighted by Gasteiger charge is 2.35. The van der Waals surface area contributed by atoms with Crippen molar-refractivity contribution in [3.8, 4) is 0 Å². The van der Waals surface area contributed by atoms with E-state index >= 15 is 0 Å². The average molecular weight is 435 g/mol. The summed E-state index contributed by atoms with van der Waals surface area (Å²) in [5.74, 6) is -1.00. The molecule has 0 spiro atoms. The van der Waals surface area contributed by atoms with Crippen LogP contribution >= 0.6 is 11.3 Å². The summed E-state index contributed by atoms with van der Waals surface area (Å²) in [6.45, 7) is 1.11. The van der Waals surface area contributed by atoms with Crippen LogP contribution in [0.25, 0.3) is 10.1 Å². The van der Waals surface area contributed by atoms with Gasteiger partial charge in [-0.25, -0.2) is 17.6 Å². The molecule has 1 aromatic heterocycles. The zero-order valence-electron chi connectivity index (χ0n) is 15.7. The van der Waals surface area contributed by atoms with Crippen molar-refractivity contribution in [2.45, 2.75) is 4.90 Å². The number of halogens is 1. The Balaban J connectivity index is 1.67. The van der Waals surface area contributed by atoms with Gasteiger partial charge in [0.15, 0.2) is 0 Å². The fraction of sp³-hybridized carbons (Fsp3) is 0.250. The smallest absolute Gasteiger partial charge is 0.349 e. The van der Waals surface area contributed by atoms with Gasteiger partial charge in [-0.05, 0) is 18.2 Å². The van der Waals surface area contributed by atoms with E-state index in [9.17, 15) is 17.6 Å². The lowest BCUT2D eigenvalue weighted by atomic mass is 10.2. The van der Waals surface area contributed by atoms with Gasteiger partial charge < -0.3 is 9.64 Å². The lowest BCUT2D eigenvalue weighted by Gasteiger charge is -2.35. The minimum absolute atomic E-state index is 0.00992. The Kier molecular flexibility index (Phi) is 5.28. The molecule has 6 nitrogen and oxygen atoms in total. The number of nitrogens with zero attached hydrogens (tertiary/aromatic N) is 2. The molecule has 0 N–H and O–H groups in total. The first-order chi connectivity index (χ1) is 13.9. The first kappa shape index (κ1) is 19.8. The molecular formula is C20H19FN2O4S2. The Morgan fingerprint density at radius 1 is 1.03 bits per heavy atom. The molecule has 29 heavy (non-hydrogen) atoms. The van der Waals surface area contributed by atoms with Crippen molar-refractivity contribution in [1.82, 2.24) is 4.31 Å². The second-order valence-electron chi connectivity index (χ2n) is 6.59. The monoisotopic (exact) mass is 434 g/mol. The van der Waals surface area contributed by atoms with E-state index in [1.807, 2.05) is 4.90 Å². The average Bonchev–Trinajstić information content (AvgIpc) is 3.14. The van der Waals surface area contributed by atoms with E-state index in [1.165, 1.54) is 17.5 Å². The summed E-state index contributed by atoms with van der Waals surface area (Å²) in [7, 11) is -2.69. The second kappa shape index (κ2) is 7.74. The molecule has 1 saturated heterocycles. The highest BCUT2D eigenvalue weighted by atomic mass is 32.2. The summed E-state index contributed by atoms with van der Waals surface area (Å²) in [5, 5.41) is 0.509. The van der Waals surface area contributed by atoms with E-state index in [0.717, 1.165) is 11.3 Å². The van der Waals surface area contributed by atoms with Gasteiger partial charge in [-0.2, -0.15) is 4.31 Å². The summed E-state index contributed by atoms with van der Waals surface area (Å²) in [6, 6.07) is 13.5. The number of benzene rings is 2. The fourth-order valence-corrected chi connectivity index (χ4v) is 6.71. The number of esters is 1. The van der Waals surface area contributed by atoms with Gasteiger partial charge >= 0.3 is 5.97 Å². The van der Waals surface area contributed by atoms with Crippen LogP contribution in [0.2, 0.25) is 0 Å². The van der Waals surface area contributed by atoms with E-state index in [2.05, 4.69) is 0 Å². The number of ether oxygens (including phenoxy) is 1. The number of carbonyl (C=O) groups is 1. The highest BCUT2D eigenvalue weighted by Crippen LogP contribution is 2.37. The zero-order valence-corrected chi connectivity index (χ0v) is 17.3. The number of sulfonamides is 1. The van der Waals surface area contributed by atoms with Crippen LogP contribution in [0.5, 0.6) is 0 Å². The Labute approximate surface area is 172 Å². The summed E-state index contributed by atoms with van der Waals surface area (Å²) in [4.78, 5) is 14.2. The Morgan fingerprint density at radius 3 is 2.38 bits per heavy atom. The predicted octanol–water partition coefficient (Wildman–Crippen LogP) is 3.34. The number of methoxy groups -OCH3 is 1. The second-order valence-corrected chi connectivity index (χ2v) is 9.52. The third-order valence-corrected chi connectivity index (χ3v) is 8.22. The number of piperazine rings is 1. The molecule has 0 unspecified atom stereocenters. The molecule has 2 heterocycles. The molecule has 1 aliphatic heterocycles. The van der Waals surface area contributed by atoms with Gasteiger partial charge in [0.25, 0.3) is 0 Å². The molecule has 0 radical (unpaired) electrons. The van der Waals surface area contributed by atoms with Crippen molar-refractivity contribution in [3.63, 3.8) is 0 Å². The highest BCUT2D eigenvalue weighted by molar-refractivity contribution is 7.89. The minimum atomic E-state index is -3.92. The minimum Gasteiger partial charge on any atom is -0.465 e. The molecule has 4 rings (SSSR count). The molecular weight excluding hydrogens is 415 g/mol. The van der Waals surface area contributed by atoms with Crippen LogP contribution in [-0.2, 0) is 14.8 Å². The number of hydrogen-bond donors (Lipinski definition) is 0. The molecule has 0 bridgehead atoms. The molecule has 0 aliphatic carbocycles. The number of rotatable bonds is 4. The van der Waals surface area contributed by atoms with Crippen LogP contribution in [-0.4, -0.2) is 52.0 Å². The van der Waals surface area contributed by atoms with E-state index in [1.54, 1.807) is 42.5 Å². The van der Waals surface area contributed by atoms with Crippen molar-refractivity contribution < 1.29 is 22.3 Å². The summed E-state index contributed by atoms with van der Waals surface area (Å²) in [5.41, 5.74) is 0.459. The number of hydrogen-bond acceptors (Lipinski definition) is 6. The van der Waals surface area contributed by atoms with Crippen LogP contribution in [0.3, 0.4) is 0 Å². The van der Waals surface area contributed by atoms with Gasteiger partial charge in [0.1, 0.15) is 15.6 Å². The van der Waals surface area contributed by atoms with Crippen molar-refractivity contribution in [1.29, 1.82) is 0 Å². The molecule has 9 heteroatoms. The van der Waals surface area contributed by atoms with Crippen molar-refractivity contribution in [2.75, 3.05) is 38.2 Å². The van der Waals surface area contributed by atoms with Crippen molar-refractivity contribution in [2.24, 2.45) is 0 Å². The topological polar surface area (TPSA) is 66.9 Å². The van der Waals surface area contributed by atoms with Crippen LogP contribution in [0.4, 0.5) is 10.1 Å². The maximum absolute atomic E-state index is 14.1. The first-order valence-corrected chi connectivity index (χ1v) is 11.3. The van der Waals surface area contributed by atoms with Crippen molar-refractivity contribution in [3.05, 3.63) is 59.2 Å². The van der Waals surface area contributed by atoms with Crippen molar-refractivity contribution >= 4 is 43.1 Å². The summed E-state index contributed by atoms with van der Waals surface area (Å²) >= 11 is 1.11. The van der Waals surface area contributed by atoms with Crippen LogP contribution in [0.1, 0.15) is 9.67 Å². The summed E-state index contributed by atoms with van der Waals surface area (Å²) in [6.07, 6.45) is 0. The number of anilines is 1. The standard InChI is InChI=1S/C20H19FN2O4S2/c1-27-20(24)18-19(14-6-2-5-9-17(14)28-18)29(25,26)23-12-10-22(11-13-23)16-8-4-3-7-15(16)21/h2-9H,10-13H2,1H3. The maximum Gasteiger partial charge on any atom is 0.349 e. The predicted molar refractivity (Wildman–Crippen MR) is 111 cm³/mol. The Morgan fingerprint density at radius 2 is 1.69 bits per heavy atom. The quantitative estimate of drug-likeness (QED) is 0.590. The molecule has 1 aliphatic rings. The van der Waals surface area contributed by atoms with Crippen LogP contribution < -0.4 is 4.90 Å². The molecule has 152 valence electrons. The van der Waals surface area contributed by atoms with E-state index in [0.29, 0.717) is 28.9 Å². The van der Waals surface area contributed by atoms with Gasteiger partial charge in [-0.15, -0.1) is 11.3 Å². The zero-order chi connectivity index (χ0) is 20.6. The number of carbonyl (C=O) groups excluding carboxylic acids is 1. The SMILES string of the molecule is COC(=O)c1sc2ccccc2c1S(=O)(=O)N1CCN(c2ccccc2F)CC1. The van der Waals surface area contributed by atoms with Gasteiger partial charge in [0.2, 0.25) is 10.0 Å². The first-order valence-electron chi connectivity index (χ1n) is 9.03. The van der Waals surface area contributed by atoms with Gasteiger partial charge in [-0.1, -0.05) is 30.3 Å². The van der Waals surface area contributed by atoms with Gasteiger partial charge in [0, 0.05) is 36.3 Å². The normalized spacial score (nSPS) is 15.6. The van der Waals surface area contributed by atoms with Crippen LogP contribution in [0.15, 0.2) is 53.4 Å². The van der Waals surface area contributed by atoms with Crippen LogP contribution in [0, 0.1) is 5.82 Å². The van der Waals surface area contributed by atoms with Gasteiger partial charge in [-0.3, -0.25) is 0 Å². The Hall–Kier alpha value is -2.49. The lowest BCUT2D eigenvalue weighted by Crippen LogP contribution is -2.49. The molecule has 1 fully saturated rings. The molecule has 0 saturated carbocycles. The number of para-hydroxylation sites is 1. The molecule has 3 aromatic rings. The lowest BCUT2D eigenvalue weighted by molar-refractivity contribution is 0.0602. The van der Waals surface area contributed by atoms with E-state index < -0.39 is 16.0 Å². The molecule has 0 amide bonds. The van der Waals surface area contributed by atoms with E-state index in [4.69, 9.17) is 4.74 Å². The Bertz CT molecular complexity index is 1170. The third kappa shape index (κ3) is 3.50.